The second-order valence-corrected chi connectivity index (χ2v) is 6.26. The molecule has 1 amide bonds. The molecule has 2 aromatic rings. The van der Waals surface area contributed by atoms with E-state index in [0.29, 0.717) is 0 Å². The van der Waals surface area contributed by atoms with E-state index in [0.717, 1.165) is 16.8 Å². The summed E-state index contributed by atoms with van der Waals surface area (Å²) in [7, 11) is 1.34. The molecule has 0 spiro atoms. The lowest BCUT2D eigenvalue weighted by molar-refractivity contribution is -0.137. The van der Waals surface area contributed by atoms with Crippen LogP contribution in [0.4, 0.5) is 5.69 Å². The van der Waals surface area contributed by atoms with E-state index < -0.39 is 0 Å². The fraction of sp³-hybridized carbons (Fsp3) is 0.222. The summed E-state index contributed by atoms with van der Waals surface area (Å²) < 4.78 is 4.58. The van der Waals surface area contributed by atoms with Crippen molar-refractivity contribution in [2.24, 2.45) is 0 Å². The molecule has 120 valence electrons. The van der Waals surface area contributed by atoms with Crippen molar-refractivity contribution in [3.05, 3.63) is 54.6 Å². The van der Waals surface area contributed by atoms with Crippen LogP contribution in [0.25, 0.3) is 11.1 Å². The summed E-state index contributed by atoms with van der Waals surface area (Å²) in [6.45, 7) is 1.77. The van der Waals surface area contributed by atoms with Gasteiger partial charge in [-0.2, -0.15) is 0 Å². The number of thioether (sulfide) groups is 1. The Labute approximate surface area is 140 Å². The van der Waals surface area contributed by atoms with Gasteiger partial charge in [0.2, 0.25) is 5.91 Å². The SMILES string of the molecule is COC(=O)CS[C@H](C)C(=O)Nc1ccccc1-c1ccccc1. The van der Waals surface area contributed by atoms with Crippen molar-refractivity contribution in [1.82, 2.24) is 0 Å². The molecule has 5 heteroatoms. The van der Waals surface area contributed by atoms with Crippen molar-refractivity contribution < 1.29 is 14.3 Å². The van der Waals surface area contributed by atoms with Gasteiger partial charge < -0.3 is 10.1 Å². The average molecular weight is 329 g/mol. The number of carbonyl (C=O) groups excluding carboxylic acids is 2. The first-order valence-electron chi connectivity index (χ1n) is 7.25. The van der Waals surface area contributed by atoms with E-state index in [-0.39, 0.29) is 22.9 Å². The Hall–Kier alpha value is -2.27. The van der Waals surface area contributed by atoms with Gasteiger partial charge in [-0.3, -0.25) is 9.59 Å². The van der Waals surface area contributed by atoms with Gasteiger partial charge in [-0.05, 0) is 18.6 Å². The number of rotatable bonds is 6. The Morgan fingerprint density at radius 3 is 2.43 bits per heavy atom. The summed E-state index contributed by atoms with van der Waals surface area (Å²) in [5.41, 5.74) is 2.76. The predicted octanol–water partition coefficient (Wildman–Crippen LogP) is 3.59. The van der Waals surface area contributed by atoms with E-state index in [1.807, 2.05) is 54.6 Å². The molecule has 2 aromatic carbocycles. The monoisotopic (exact) mass is 329 g/mol. The Bertz CT molecular complexity index is 673. The van der Waals surface area contributed by atoms with Gasteiger partial charge in [0.1, 0.15) is 0 Å². The van der Waals surface area contributed by atoms with Crippen LogP contribution in [0.5, 0.6) is 0 Å². The standard InChI is InChI=1S/C18H19NO3S/c1-13(23-12-17(20)22-2)18(21)19-16-11-7-6-10-15(16)14-8-4-3-5-9-14/h3-11,13H,12H2,1-2H3,(H,19,21)/t13-/m1/s1. The quantitative estimate of drug-likeness (QED) is 0.823. The minimum Gasteiger partial charge on any atom is -0.468 e. The molecule has 1 atom stereocenters. The fourth-order valence-corrected chi connectivity index (χ4v) is 2.74. The number of hydrogen-bond donors (Lipinski definition) is 1. The first-order valence-corrected chi connectivity index (χ1v) is 8.30. The fourth-order valence-electron chi connectivity index (χ4n) is 2.02. The van der Waals surface area contributed by atoms with Crippen LogP contribution in [0, 0.1) is 0 Å². The minimum absolute atomic E-state index is 0.137. The van der Waals surface area contributed by atoms with E-state index in [2.05, 4.69) is 10.1 Å². The minimum atomic E-state index is -0.349. The molecule has 0 aliphatic carbocycles. The topological polar surface area (TPSA) is 55.4 Å². The van der Waals surface area contributed by atoms with Gasteiger partial charge in [-0.15, -0.1) is 11.8 Å². The first kappa shape index (κ1) is 17.1. The summed E-state index contributed by atoms with van der Waals surface area (Å²) in [6.07, 6.45) is 0. The molecule has 23 heavy (non-hydrogen) atoms. The molecule has 0 bridgehead atoms. The van der Waals surface area contributed by atoms with Crippen molar-refractivity contribution in [2.75, 3.05) is 18.2 Å². The highest BCUT2D eigenvalue weighted by molar-refractivity contribution is 8.01. The molecule has 0 saturated carbocycles. The molecule has 2 rings (SSSR count). The summed E-state index contributed by atoms with van der Waals surface area (Å²) in [5.74, 6) is -0.313. The Morgan fingerprint density at radius 1 is 1.09 bits per heavy atom. The van der Waals surface area contributed by atoms with Crippen molar-refractivity contribution in [1.29, 1.82) is 0 Å². The van der Waals surface area contributed by atoms with Crippen LogP contribution in [0.1, 0.15) is 6.92 Å². The van der Waals surface area contributed by atoms with E-state index in [1.54, 1.807) is 6.92 Å². The second kappa shape index (κ2) is 8.39. The Kier molecular flexibility index (Phi) is 6.23. The van der Waals surface area contributed by atoms with Gasteiger partial charge in [-0.1, -0.05) is 48.5 Å². The molecule has 1 N–H and O–H groups in total. The maximum Gasteiger partial charge on any atom is 0.315 e. The number of benzene rings is 2. The van der Waals surface area contributed by atoms with Gasteiger partial charge in [0.25, 0.3) is 0 Å². The van der Waals surface area contributed by atoms with Gasteiger partial charge in [0.05, 0.1) is 18.1 Å². The maximum absolute atomic E-state index is 12.3. The third-order valence-electron chi connectivity index (χ3n) is 3.32. The van der Waals surface area contributed by atoms with Crippen LogP contribution in [0.2, 0.25) is 0 Å². The van der Waals surface area contributed by atoms with Crippen LogP contribution in [-0.2, 0) is 14.3 Å². The third-order valence-corrected chi connectivity index (χ3v) is 4.43. The first-order chi connectivity index (χ1) is 11.1. The number of hydrogen-bond acceptors (Lipinski definition) is 4. The van der Waals surface area contributed by atoms with Crippen LogP contribution in [0.15, 0.2) is 54.6 Å². The highest BCUT2D eigenvalue weighted by Gasteiger charge is 2.17. The van der Waals surface area contributed by atoms with E-state index in [1.165, 1.54) is 18.9 Å². The molecule has 0 unspecified atom stereocenters. The second-order valence-electron chi connectivity index (χ2n) is 4.93. The molecular weight excluding hydrogens is 310 g/mol. The van der Waals surface area contributed by atoms with Crippen LogP contribution < -0.4 is 5.32 Å². The molecule has 0 aliphatic heterocycles. The molecular formula is C18H19NO3S. The number of amides is 1. The number of para-hydroxylation sites is 1. The lowest BCUT2D eigenvalue weighted by Crippen LogP contribution is -2.24. The third kappa shape index (κ3) is 4.86. The highest BCUT2D eigenvalue weighted by atomic mass is 32.2. The highest BCUT2D eigenvalue weighted by Crippen LogP contribution is 2.28. The summed E-state index contributed by atoms with van der Waals surface area (Å²) in [6, 6.07) is 17.5. The Morgan fingerprint density at radius 2 is 1.74 bits per heavy atom. The van der Waals surface area contributed by atoms with E-state index >= 15 is 0 Å². The molecule has 0 heterocycles. The number of carbonyl (C=O) groups is 2. The van der Waals surface area contributed by atoms with Gasteiger partial charge in [0, 0.05) is 11.3 Å². The normalized spacial score (nSPS) is 11.6. The van der Waals surface area contributed by atoms with Gasteiger partial charge in [0.15, 0.2) is 0 Å². The van der Waals surface area contributed by atoms with Crippen LogP contribution in [-0.4, -0.2) is 30.0 Å². The number of anilines is 1. The zero-order chi connectivity index (χ0) is 16.7. The van der Waals surface area contributed by atoms with Crippen LogP contribution in [0.3, 0.4) is 0 Å². The Balaban J connectivity index is 2.08. The number of ether oxygens (including phenoxy) is 1. The lowest BCUT2D eigenvalue weighted by atomic mass is 10.0. The molecule has 0 aliphatic rings. The largest absolute Gasteiger partial charge is 0.468 e. The van der Waals surface area contributed by atoms with Crippen molar-refractivity contribution in [3.8, 4) is 11.1 Å². The van der Waals surface area contributed by atoms with Crippen molar-refractivity contribution in [2.45, 2.75) is 12.2 Å². The van der Waals surface area contributed by atoms with E-state index in [9.17, 15) is 9.59 Å². The molecule has 0 aromatic heterocycles. The zero-order valence-corrected chi connectivity index (χ0v) is 13.9. The van der Waals surface area contributed by atoms with Crippen molar-refractivity contribution in [3.63, 3.8) is 0 Å². The number of esters is 1. The van der Waals surface area contributed by atoms with Crippen molar-refractivity contribution >= 4 is 29.3 Å². The summed E-state index contributed by atoms with van der Waals surface area (Å²) in [5, 5.41) is 2.59. The number of nitrogens with one attached hydrogen (secondary N) is 1. The van der Waals surface area contributed by atoms with E-state index in [4.69, 9.17) is 0 Å². The number of methoxy groups -OCH3 is 1. The smallest absolute Gasteiger partial charge is 0.315 e. The van der Waals surface area contributed by atoms with Crippen LogP contribution >= 0.6 is 11.8 Å². The maximum atomic E-state index is 12.3. The molecule has 4 nitrogen and oxygen atoms in total. The molecule has 0 fully saturated rings. The summed E-state index contributed by atoms with van der Waals surface area (Å²) in [4.78, 5) is 23.5. The average Bonchev–Trinajstić information content (AvgIpc) is 2.60. The summed E-state index contributed by atoms with van der Waals surface area (Å²) >= 11 is 1.25. The molecule has 0 saturated heterocycles. The lowest BCUT2D eigenvalue weighted by Gasteiger charge is -2.14. The predicted molar refractivity (Wildman–Crippen MR) is 94.4 cm³/mol. The van der Waals surface area contributed by atoms with Gasteiger partial charge >= 0.3 is 5.97 Å². The molecule has 0 radical (unpaired) electrons. The zero-order valence-electron chi connectivity index (χ0n) is 13.1. The van der Waals surface area contributed by atoms with Gasteiger partial charge in [-0.25, -0.2) is 0 Å².